The number of non-ortho nitro benzene ring substituents is 1. The third-order valence-electron chi connectivity index (χ3n) is 4.87. The number of anilines is 1. The van der Waals surface area contributed by atoms with Crippen LogP contribution in [0.15, 0.2) is 52.7 Å². The summed E-state index contributed by atoms with van der Waals surface area (Å²) in [5, 5.41) is 28.0. The molecule has 10 nitrogen and oxygen atoms in total. The summed E-state index contributed by atoms with van der Waals surface area (Å²) in [6.07, 6.45) is 0.785. The number of carbonyl (C=O) groups is 2. The van der Waals surface area contributed by atoms with Gasteiger partial charge in [0.2, 0.25) is 11.8 Å². The van der Waals surface area contributed by atoms with Gasteiger partial charge in [-0.05, 0) is 30.3 Å². The van der Waals surface area contributed by atoms with E-state index in [1.807, 2.05) is 4.90 Å². The van der Waals surface area contributed by atoms with Crippen molar-refractivity contribution in [2.75, 3.05) is 24.5 Å². The topological polar surface area (TPSA) is 132 Å². The first kappa shape index (κ1) is 22.8. The van der Waals surface area contributed by atoms with E-state index in [0.29, 0.717) is 30.9 Å². The molecule has 32 heavy (non-hydrogen) atoms. The van der Waals surface area contributed by atoms with Crippen LogP contribution in [0.25, 0.3) is 0 Å². The fraction of sp³-hybridized carbons (Fsp3) is 0.286. The molecule has 0 unspecified atom stereocenters. The fourth-order valence-corrected chi connectivity index (χ4v) is 3.39. The molecule has 1 aliphatic heterocycles. The van der Waals surface area contributed by atoms with E-state index >= 15 is 0 Å². The zero-order valence-electron chi connectivity index (χ0n) is 17.0. The van der Waals surface area contributed by atoms with Crippen LogP contribution in [0.1, 0.15) is 19.3 Å². The summed E-state index contributed by atoms with van der Waals surface area (Å²) in [4.78, 5) is 37.1. The second-order valence-corrected chi connectivity index (χ2v) is 7.35. The van der Waals surface area contributed by atoms with Crippen LogP contribution in [0.3, 0.4) is 0 Å². The van der Waals surface area contributed by atoms with Crippen molar-refractivity contribution in [2.45, 2.75) is 19.3 Å². The minimum atomic E-state index is -0.543. The van der Waals surface area contributed by atoms with Gasteiger partial charge in [0.1, 0.15) is 5.69 Å². The molecular formula is C21H19ClN6O4. The summed E-state index contributed by atoms with van der Waals surface area (Å²) in [6.45, 7) is 1.13. The van der Waals surface area contributed by atoms with Crippen molar-refractivity contribution in [1.29, 1.82) is 5.26 Å². The predicted molar refractivity (Wildman–Crippen MR) is 117 cm³/mol. The fourth-order valence-electron chi connectivity index (χ4n) is 3.18. The van der Waals surface area contributed by atoms with E-state index in [0.717, 1.165) is 5.69 Å². The van der Waals surface area contributed by atoms with Crippen molar-refractivity contribution < 1.29 is 14.5 Å². The second kappa shape index (κ2) is 10.5. The van der Waals surface area contributed by atoms with Crippen molar-refractivity contribution in [3.8, 4) is 6.07 Å². The number of halogens is 1. The molecule has 0 spiro atoms. The standard InChI is InChI=1S/C21H19ClN6O4/c22-18-14-17(28(31)32)6-7-19(18)25-24-15-2-4-16(5-3-15)26(11-1-10-23)12-13-27-20(29)8-9-21(27)30/h2-7,14H,1,8-9,11-13H2. The van der Waals surface area contributed by atoms with Gasteiger partial charge in [0.15, 0.2) is 0 Å². The Morgan fingerprint density at radius 2 is 1.78 bits per heavy atom. The van der Waals surface area contributed by atoms with Crippen LogP contribution in [0.4, 0.5) is 22.7 Å². The minimum absolute atomic E-state index is 0.119. The van der Waals surface area contributed by atoms with Crippen molar-refractivity contribution in [3.63, 3.8) is 0 Å². The molecule has 2 aromatic carbocycles. The average Bonchev–Trinajstić information content (AvgIpc) is 3.10. The van der Waals surface area contributed by atoms with Gasteiger partial charge in [-0.1, -0.05) is 11.6 Å². The maximum Gasteiger partial charge on any atom is 0.271 e. The molecule has 2 aromatic rings. The quantitative estimate of drug-likeness (QED) is 0.236. The van der Waals surface area contributed by atoms with Crippen molar-refractivity contribution in [1.82, 2.24) is 4.90 Å². The van der Waals surface area contributed by atoms with Crippen LogP contribution in [0.2, 0.25) is 5.02 Å². The summed E-state index contributed by atoms with van der Waals surface area (Å²) in [5.74, 6) is -0.341. The van der Waals surface area contributed by atoms with E-state index in [-0.39, 0.29) is 41.9 Å². The van der Waals surface area contributed by atoms with Gasteiger partial charge in [-0.15, -0.1) is 5.11 Å². The Bertz CT molecular complexity index is 1080. The normalized spacial score (nSPS) is 13.6. The molecule has 1 aliphatic rings. The molecule has 0 aromatic heterocycles. The molecule has 1 saturated heterocycles. The van der Waals surface area contributed by atoms with Gasteiger partial charge in [-0.25, -0.2) is 0 Å². The van der Waals surface area contributed by atoms with Crippen LogP contribution >= 0.6 is 11.6 Å². The summed E-state index contributed by atoms with van der Waals surface area (Å²) < 4.78 is 0. The van der Waals surface area contributed by atoms with Crippen LogP contribution in [-0.4, -0.2) is 41.3 Å². The number of azo groups is 1. The number of nitro groups is 1. The van der Waals surface area contributed by atoms with Gasteiger partial charge in [0.05, 0.1) is 28.1 Å². The Hall–Kier alpha value is -3.84. The number of nitriles is 1. The van der Waals surface area contributed by atoms with E-state index < -0.39 is 4.92 Å². The Morgan fingerprint density at radius 3 is 2.38 bits per heavy atom. The van der Waals surface area contributed by atoms with Gasteiger partial charge < -0.3 is 4.90 Å². The third kappa shape index (κ3) is 5.65. The highest BCUT2D eigenvalue weighted by atomic mass is 35.5. The number of rotatable bonds is 9. The second-order valence-electron chi connectivity index (χ2n) is 6.94. The van der Waals surface area contributed by atoms with E-state index in [1.165, 1.54) is 23.1 Å². The highest BCUT2D eigenvalue weighted by Crippen LogP contribution is 2.30. The molecule has 11 heteroatoms. The molecule has 0 saturated carbocycles. The maximum atomic E-state index is 11.8. The van der Waals surface area contributed by atoms with Crippen LogP contribution < -0.4 is 4.90 Å². The molecule has 164 valence electrons. The Kier molecular flexibility index (Phi) is 7.46. The van der Waals surface area contributed by atoms with Gasteiger partial charge >= 0.3 is 0 Å². The third-order valence-corrected chi connectivity index (χ3v) is 5.17. The lowest BCUT2D eigenvalue weighted by molar-refractivity contribution is -0.384. The smallest absolute Gasteiger partial charge is 0.271 e. The number of nitrogens with zero attached hydrogens (tertiary/aromatic N) is 6. The molecule has 0 bridgehead atoms. The van der Waals surface area contributed by atoms with Gasteiger partial charge in [0, 0.05) is 50.3 Å². The summed E-state index contributed by atoms with van der Waals surface area (Å²) >= 11 is 6.02. The lowest BCUT2D eigenvalue weighted by Gasteiger charge is -2.26. The number of nitro benzene ring substituents is 1. The van der Waals surface area contributed by atoms with Crippen LogP contribution in [0, 0.1) is 21.4 Å². The van der Waals surface area contributed by atoms with E-state index in [4.69, 9.17) is 16.9 Å². The lowest BCUT2D eigenvalue weighted by atomic mass is 10.2. The number of hydrogen-bond acceptors (Lipinski definition) is 8. The first-order chi connectivity index (χ1) is 15.4. The van der Waals surface area contributed by atoms with Crippen LogP contribution in [-0.2, 0) is 9.59 Å². The van der Waals surface area contributed by atoms with E-state index in [2.05, 4.69) is 16.3 Å². The molecule has 2 amide bonds. The Labute approximate surface area is 188 Å². The SMILES string of the molecule is N#CCCN(CCN1C(=O)CCC1=O)c1ccc(N=Nc2ccc([N+](=O)[O-])cc2Cl)cc1. The number of hydrogen-bond donors (Lipinski definition) is 0. The highest BCUT2D eigenvalue weighted by Gasteiger charge is 2.28. The monoisotopic (exact) mass is 454 g/mol. The molecule has 1 fully saturated rings. The number of carbonyl (C=O) groups excluding carboxylic acids is 2. The number of imide groups is 1. The van der Waals surface area contributed by atoms with Crippen molar-refractivity contribution in [3.05, 3.63) is 57.6 Å². The Balaban J connectivity index is 1.69. The summed E-state index contributed by atoms with van der Waals surface area (Å²) in [6, 6.07) is 13.1. The van der Waals surface area contributed by atoms with E-state index in [1.54, 1.807) is 24.3 Å². The summed E-state index contributed by atoms with van der Waals surface area (Å²) in [5.41, 5.74) is 1.52. The van der Waals surface area contributed by atoms with Crippen molar-refractivity contribution >= 4 is 46.2 Å². The zero-order chi connectivity index (χ0) is 23.1. The van der Waals surface area contributed by atoms with Gasteiger partial charge in [0.25, 0.3) is 5.69 Å². The molecule has 0 aliphatic carbocycles. The lowest BCUT2D eigenvalue weighted by Crippen LogP contribution is -2.38. The van der Waals surface area contributed by atoms with Gasteiger partial charge in [-0.3, -0.25) is 24.6 Å². The Morgan fingerprint density at radius 1 is 1.09 bits per heavy atom. The predicted octanol–water partition coefficient (Wildman–Crippen LogP) is 4.53. The largest absolute Gasteiger partial charge is 0.369 e. The van der Waals surface area contributed by atoms with Gasteiger partial charge in [-0.2, -0.15) is 10.4 Å². The molecule has 3 rings (SSSR count). The molecule has 0 N–H and O–H groups in total. The highest BCUT2D eigenvalue weighted by molar-refractivity contribution is 6.33. The van der Waals surface area contributed by atoms with Crippen LogP contribution in [0.5, 0.6) is 0 Å². The average molecular weight is 455 g/mol. The zero-order valence-corrected chi connectivity index (χ0v) is 17.7. The number of likely N-dealkylation sites (tertiary alicyclic amines) is 1. The molecule has 0 radical (unpaired) electrons. The molecule has 0 atom stereocenters. The first-order valence-corrected chi connectivity index (χ1v) is 10.2. The van der Waals surface area contributed by atoms with E-state index in [9.17, 15) is 19.7 Å². The first-order valence-electron chi connectivity index (χ1n) is 9.80. The molecule has 1 heterocycles. The number of benzene rings is 2. The maximum absolute atomic E-state index is 11.8. The minimum Gasteiger partial charge on any atom is -0.369 e. The number of amides is 2. The summed E-state index contributed by atoms with van der Waals surface area (Å²) in [7, 11) is 0. The van der Waals surface area contributed by atoms with Crippen molar-refractivity contribution in [2.24, 2.45) is 10.2 Å². The molecular weight excluding hydrogens is 436 g/mol.